The number of carbonyl (C=O) groups is 1. The molecule has 4 aromatic rings. The number of carbonyl (C=O) groups excluding carboxylic acids is 1. The minimum Gasteiger partial charge on any atom is -0.492 e. The maximum Gasteiger partial charge on any atom is 0.323 e. The Bertz CT molecular complexity index is 1720. The van der Waals surface area contributed by atoms with Crippen molar-refractivity contribution in [3.63, 3.8) is 0 Å². The number of anilines is 4. The van der Waals surface area contributed by atoms with Gasteiger partial charge in [0.05, 0.1) is 30.4 Å². The first-order chi connectivity index (χ1) is 20.4. The third-order valence-electron chi connectivity index (χ3n) is 6.49. The Morgan fingerprint density at radius 2 is 1.65 bits per heavy atom. The molecule has 1 aromatic heterocycles. The molecule has 0 aliphatic rings. The Hall–Kier alpha value is -4.58. The number of nitrogens with zero attached hydrogens (tertiary/aromatic N) is 2. The van der Waals surface area contributed by atoms with Gasteiger partial charge in [-0.1, -0.05) is 58.4 Å². The van der Waals surface area contributed by atoms with Gasteiger partial charge in [0.25, 0.3) is 0 Å². The third-order valence-corrected chi connectivity index (χ3v) is 7.08. The van der Waals surface area contributed by atoms with Gasteiger partial charge in [-0.05, 0) is 41.7 Å². The van der Waals surface area contributed by atoms with E-state index in [1.807, 2.05) is 45.0 Å². The van der Waals surface area contributed by atoms with Crippen molar-refractivity contribution in [3.8, 4) is 17.4 Å². The summed E-state index contributed by atoms with van der Waals surface area (Å²) in [5.41, 5.74) is 1.55. The van der Waals surface area contributed by atoms with Crippen LogP contribution in [0, 0.1) is 0 Å². The summed E-state index contributed by atoms with van der Waals surface area (Å²) in [6.45, 7) is 8.86. The summed E-state index contributed by atoms with van der Waals surface area (Å²) in [5, 5.41) is 10.4. The topological polar surface area (TPSA) is 144 Å². The molecule has 0 saturated carbocycles. The van der Waals surface area contributed by atoms with Gasteiger partial charge in [-0.25, -0.2) is 18.2 Å². The van der Waals surface area contributed by atoms with Crippen LogP contribution in [0.25, 0.3) is 10.8 Å². The van der Waals surface area contributed by atoms with E-state index in [1.165, 1.54) is 7.11 Å². The van der Waals surface area contributed by atoms with E-state index < -0.39 is 16.1 Å². The van der Waals surface area contributed by atoms with Crippen LogP contribution in [-0.4, -0.2) is 44.3 Å². The van der Waals surface area contributed by atoms with Gasteiger partial charge in [0, 0.05) is 29.6 Å². The predicted octanol–water partition coefficient (Wildman–Crippen LogP) is 6.96. The maximum atomic E-state index is 13.3. The molecule has 4 rings (SSSR count). The second-order valence-corrected chi connectivity index (χ2v) is 12.8. The van der Waals surface area contributed by atoms with Crippen LogP contribution in [0.3, 0.4) is 0 Å². The summed E-state index contributed by atoms with van der Waals surface area (Å²) in [4.78, 5) is 22.0. The molecule has 1 heterocycles. The van der Waals surface area contributed by atoms with Gasteiger partial charge in [0.2, 0.25) is 21.9 Å². The van der Waals surface area contributed by atoms with Gasteiger partial charge in [-0.2, -0.15) is 4.98 Å². The van der Waals surface area contributed by atoms with Crippen LogP contribution in [0.2, 0.25) is 0 Å². The minimum atomic E-state index is -3.61. The van der Waals surface area contributed by atoms with E-state index in [2.05, 4.69) is 37.6 Å². The molecule has 0 bridgehead atoms. The summed E-state index contributed by atoms with van der Waals surface area (Å²) < 4.78 is 38.3. The highest BCUT2D eigenvalue weighted by atomic mass is 32.2. The second kappa shape index (κ2) is 13.2. The molecule has 12 heteroatoms. The van der Waals surface area contributed by atoms with E-state index in [0.717, 1.165) is 42.0 Å². The number of amides is 2. The molecule has 0 atom stereocenters. The highest BCUT2D eigenvalue weighted by Crippen LogP contribution is 2.39. The highest BCUT2D eigenvalue weighted by molar-refractivity contribution is 7.92. The molecule has 0 saturated heterocycles. The van der Waals surface area contributed by atoms with E-state index in [-0.39, 0.29) is 16.9 Å². The van der Waals surface area contributed by atoms with Gasteiger partial charge in [-0.3, -0.25) is 4.72 Å². The van der Waals surface area contributed by atoms with Crippen molar-refractivity contribution in [2.45, 2.75) is 46.0 Å². The van der Waals surface area contributed by atoms with E-state index in [4.69, 9.17) is 9.47 Å². The van der Waals surface area contributed by atoms with Crippen molar-refractivity contribution < 1.29 is 22.7 Å². The number of hydrogen-bond donors (Lipinski definition) is 4. The Balaban J connectivity index is 1.61. The molecule has 0 spiro atoms. The lowest BCUT2D eigenvalue weighted by Crippen LogP contribution is -2.22. The molecule has 11 nitrogen and oxygen atoms in total. The first-order valence-electron chi connectivity index (χ1n) is 13.9. The van der Waals surface area contributed by atoms with Crippen LogP contribution in [0.5, 0.6) is 17.4 Å². The van der Waals surface area contributed by atoms with Crippen LogP contribution in [-0.2, 0) is 15.4 Å². The average Bonchev–Trinajstić information content (AvgIpc) is 2.93. The van der Waals surface area contributed by atoms with Crippen LogP contribution >= 0.6 is 0 Å². The Morgan fingerprint density at radius 3 is 2.33 bits per heavy atom. The number of sulfonamides is 1. The number of urea groups is 1. The zero-order valence-corrected chi connectivity index (χ0v) is 26.1. The number of aromatic nitrogens is 2. The van der Waals surface area contributed by atoms with E-state index in [9.17, 15) is 13.2 Å². The van der Waals surface area contributed by atoms with E-state index in [0.29, 0.717) is 29.0 Å². The number of ether oxygens (including phenoxy) is 2. The summed E-state index contributed by atoms with van der Waals surface area (Å²) >= 11 is 0. The fourth-order valence-corrected chi connectivity index (χ4v) is 4.92. The molecule has 0 aliphatic carbocycles. The van der Waals surface area contributed by atoms with Crippen LogP contribution in [0.1, 0.15) is 46.1 Å². The van der Waals surface area contributed by atoms with E-state index >= 15 is 0 Å². The molecule has 4 N–H and O–H groups in total. The summed E-state index contributed by atoms with van der Waals surface area (Å²) in [5.74, 6) is 1.64. The molecular weight excluding hydrogens is 568 g/mol. The standard InChI is InChI=1S/C31H38N6O5S/c1-7-8-16-32-29-33-17-15-27(36-29)42-26-14-13-23(21-11-9-10-12-22(21)26)34-30(38)35-24-18-20(31(2,3)4)19-25(28(24)41-5)37-43(6,39)40/h9-15,17-19,37H,7-8,16H2,1-6H3,(H,32,33,36)(H2,34,35,38). The van der Waals surface area contributed by atoms with Crippen molar-refractivity contribution in [1.29, 1.82) is 0 Å². The lowest BCUT2D eigenvalue weighted by molar-refractivity contribution is 0.262. The molecule has 0 fully saturated rings. The van der Waals surface area contributed by atoms with Crippen molar-refractivity contribution in [1.82, 2.24) is 9.97 Å². The normalized spacial score (nSPS) is 11.6. The van der Waals surface area contributed by atoms with Crippen molar-refractivity contribution in [3.05, 3.63) is 66.4 Å². The molecule has 0 aliphatic heterocycles. The number of fused-ring (bicyclic) bond motifs is 1. The molecule has 2 amide bonds. The first kappa shape index (κ1) is 31.4. The fraction of sp³-hybridized carbons (Fsp3) is 0.323. The van der Waals surface area contributed by atoms with E-state index in [1.54, 1.807) is 36.5 Å². The number of methoxy groups -OCH3 is 1. The predicted molar refractivity (Wildman–Crippen MR) is 172 cm³/mol. The van der Waals surface area contributed by atoms with Crippen LogP contribution < -0.4 is 30.1 Å². The molecular formula is C31H38N6O5S. The molecule has 0 radical (unpaired) electrons. The Morgan fingerprint density at radius 1 is 0.953 bits per heavy atom. The van der Waals surface area contributed by atoms with Gasteiger partial charge >= 0.3 is 6.03 Å². The number of hydrogen-bond acceptors (Lipinski definition) is 8. The number of benzene rings is 3. The van der Waals surface area contributed by atoms with Gasteiger partial charge in [-0.15, -0.1) is 0 Å². The van der Waals surface area contributed by atoms with Crippen molar-refractivity contribution >= 4 is 49.8 Å². The molecule has 228 valence electrons. The summed E-state index contributed by atoms with van der Waals surface area (Å²) in [6, 6.07) is 15.7. The monoisotopic (exact) mass is 606 g/mol. The number of unbranched alkanes of at least 4 members (excludes halogenated alkanes) is 1. The zero-order valence-electron chi connectivity index (χ0n) is 25.2. The summed E-state index contributed by atoms with van der Waals surface area (Å²) in [6.07, 6.45) is 4.77. The fourth-order valence-electron chi connectivity index (χ4n) is 4.37. The molecule has 3 aromatic carbocycles. The third kappa shape index (κ3) is 8.25. The molecule has 43 heavy (non-hydrogen) atoms. The van der Waals surface area contributed by atoms with Crippen LogP contribution in [0.4, 0.5) is 27.8 Å². The van der Waals surface area contributed by atoms with Gasteiger partial charge < -0.3 is 25.4 Å². The van der Waals surface area contributed by atoms with Crippen molar-refractivity contribution in [2.24, 2.45) is 0 Å². The number of rotatable bonds is 11. The lowest BCUT2D eigenvalue weighted by Gasteiger charge is -2.24. The van der Waals surface area contributed by atoms with Crippen molar-refractivity contribution in [2.75, 3.05) is 40.6 Å². The van der Waals surface area contributed by atoms with Gasteiger partial charge in [0.1, 0.15) is 5.75 Å². The lowest BCUT2D eigenvalue weighted by atomic mass is 9.86. The SMILES string of the molecule is CCCCNc1nccc(Oc2ccc(NC(=O)Nc3cc(C(C)(C)C)cc(NS(C)(=O)=O)c3OC)c3ccccc23)n1. The first-order valence-corrected chi connectivity index (χ1v) is 15.8. The smallest absolute Gasteiger partial charge is 0.323 e. The quantitative estimate of drug-likeness (QED) is 0.134. The average molecular weight is 607 g/mol. The second-order valence-electron chi connectivity index (χ2n) is 11.1. The van der Waals surface area contributed by atoms with Gasteiger partial charge in [0.15, 0.2) is 5.75 Å². The van der Waals surface area contributed by atoms with Crippen LogP contribution in [0.15, 0.2) is 60.8 Å². The highest BCUT2D eigenvalue weighted by Gasteiger charge is 2.22. The number of nitrogens with one attached hydrogen (secondary N) is 4. The Labute approximate surface area is 252 Å². The minimum absolute atomic E-state index is 0.190. The summed E-state index contributed by atoms with van der Waals surface area (Å²) in [7, 11) is -2.19. The Kier molecular flexibility index (Phi) is 9.59. The zero-order chi connectivity index (χ0) is 31.2. The maximum absolute atomic E-state index is 13.3. The largest absolute Gasteiger partial charge is 0.492 e. The molecule has 0 unspecified atom stereocenters.